The fourth-order valence-corrected chi connectivity index (χ4v) is 2.54. The van der Waals surface area contributed by atoms with Crippen LogP contribution in [0.4, 0.5) is 0 Å². The van der Waals surface area contributed by atoms with Crippen LogP contribution in [0, 0.1) is 6.92 Å². The molecule has 6 nitrogen and oxygen atoms in total. The van der Waals surface area contributed by atoms with Crippen LogP contribution in [0.2, 0.25) is 0 Å². The maximum absolute atomic E-state index is 12.0. The molecule has 0 aromatic heterocycles. The molecule has 0 saturated heterocycles. The number of carbonyl (C=O) groups is 1. The van der Waals surface area contributed by atoms with Gasteiger partial charge in [0.2, 0.25) is 0 Å². The number of benzene rings is 2. The van der Waals surface area contributed by atoms with Gasteiger partial charge < -0.3 is 21.1 Å². The van der Waals surface area contributed by atoms with Crippen LogP contribution < -0.4 is 16.0 Å². The molecule has 0 aliphatic carbocycles. The minimum Gasteiger partial charge on any atom is -0.508 e. The van der Waals surface area contributed by atoms with Crippen LogP contribution in [0.15, 0.2) is 53.5 Å². The van der Waals surface area contributed by atoms with Crippen LogP contribution in [0.1, 0.15) is 34.8 Å². The Morgan fingerprint density at radius 2 is 1.79 bits per heavy atom. The Balaban J connectivity index is 0.00000392. The molecule has 0 spiro atoms. The molecule has 7 heteroatoms. The Bertz CT molecular complexity index is 781. The SMILES string of the molecule is CCNC(=NCc1ccccc1C)NCCCNC(=O)c1cccc(O)c1.I. The molecule has 0 bridgehead atoms. The van der Waals surface area contributed by atoms with Gasteiger partial charge in [0.15, 0.2) is 5.96 Å². The standard InChI is InChI=1S/C21H28N4O2.HI/c1-3-22-21(25-15-18-9-5-4-8-16(18)2)24-13-7-12-23-20(27)17-10-6-11-19(26)14-17;/h4-6,8-11,14,26H,3,7,12-13,15H2,1-2H3,(H,23,27)(H2,22,24,25);1H. The Labute approximate surface area is 183 Å². The van der Waals surface area contributed by atoms with Crippen LogP contribution in [0.25, 0.3) is 0 Å². The summed E-state index contributed by atoms with van der Waals surface area (Å²) in [4.78, 5) is 16.6. The third-order valence-corrected chi connectivity index (χ3v) is 4.05. The molecule has 1 amide bonds. The highest BCUT2D eigenvalue weighted by molar-refractivity contribution is 14.0. The smallest absolute Gasteiger partial charge is 0.251 e. The Hall–Kier alpha value is -2.29. The summed E-state index contributed by atoms with van der Waals surface area (Å²) in [5, 5.41) is 18.8. The predicted molar refractivity (Wildman–Crippen MR) is 124 cm³/mol. The van der Waals surface area contributed by atoms with E-state index in [-0.39, 0.29) is 35.6 Å². The topological polar surface area (TPSA) is 85.8 Å². The van der Waals surface area contributed by atoms with Crippen molar-refractivity contribution in [2.24, 2.45) is 4.99 Å². The average molecular weight is 496 g/mol. The van der Waals surface area contributed by atoms with Crippen molar-refractivity contribution in [1.29, 1.82) is 0 Å². The van der Waals surface area contributed by atoms with E-state index in [4.69, 9.17) is 0 Å². The number of guanidine groups is 1. The van der Waals surface area contributed by atoms with Gasteiger partial charge in [0.25, 0.3) is 5.91 Å². The fourth-order valence-electron chi connectivity index (χ4n) is 2.54. The maximum Gasteiger partial charge on any atom is 0.251 e. The lowest BCUT2D eigenvalue weighted by atomic mass is 10.1. The molecule has 2 aromatic rings. The average Bonchev–Trinajstić information content (AvgIpc) is 2.66. The van der Waals surface area contributed by atoms with Gasteiger partial charge in [0, 0.05) is 25.2 Å². The molecule has 28 heavy (non-hydrogen) atoms. The van der Waals surface area contributed by atoms with Crippen molar-refractivity contribution in [3.63, 3.8) is 0 Å². The highest BCUT2D eigenvalue weighted by atomic mass is 127. The number of aliphatic imine (C=N–C) groups is 1. The van der Waals surface area contributed by atoms with E-state index in [1.807, 2.05) is 19.1 Å². The van der Waals surface area contributed by atoms with E-state index < -0.39 is 0 Å². The summed E-state index contributed by atoms with van der Waals surface area (Å²) in [7, 11) is 0. The summed E-state index contributed by atoms with van der Waals surface area (Å²) in [5.41, 5.74) is 2.89. The summed E-state index contributed by atoms with van der Waals surface area (Å²) < 4.78 is 0. The number of hydrogen-bond acceptors (Lipinski definition) is 3. The number of aromatic hydroxyl groups is 1. The minimum atomic E-state index is -0.189. The lowest BCUT2D eigenvalue weighted by Gasteiger charge is -2.12. The largest absolute Gasteiger partial charge is 0.508 e. The zero-order chi connectivity index (χ0) is 19.5. The quantitative estimate of drug-likeness (QED) is 0.196. The van der Waals surface area contributed by atoms with Gasteiger partial charge in [0.05, 0.1) is 6.54 Å². The van der Waals surface area contributed by atoms with E-state index in [2.05, 4.69) is 40.0 Å². The van der Waals surface area contributed by atoms with Crippen molar-refractivity contribution in [3.8, 4) is 5.75 Å². The number of aryl methyl sites for hydroxylation is 1. The number of phenolic OH excluding ortho intramolecular Hbond substituents is 1. The molecule has 0 saturated carbocycles. The summed E-state index contributed by atoms with van der Waals surface area (Å²) in [6, 6.07) is 14.5. The van der Waals surface area contributed by atoms with Crippen molar-refractivity contribution in [2.75, 3.05) is 19.6 Å². The Kier molecular flexibility index (Phi) is 11.0. The third kappa shape index (κ3) is 8.16. The first kappa shape index (κ1) is 23.7. The Morgan fingerprint density at radius 3 is 2.50 bits per heavy atom. The molecule has 2 aromatic carbocycles. The van der Waals surface area contributed by atoms with Crippen LogP contribution >= 0.6 is 24.0 Å². The van der Waals surface area contributed by atoms with Gasteiger partial charge in [-0.05, 0) is 49.6 Å². The fraction of sp³-hybridized carbons (Fsp3) is 0.333. The van der Waals surface area contributed by atoms with Gasteiger partial charge in [-0.2, -0.15) is 0 Å². The monoisotopic (exact) mass is 496 g/mol. The third-order valence-electron chi connectivity index (χ3n) is 4.05. The number of halogens is 1. The molecule has 0 heterocycles. The highest BCUT2D eigenvalue weighted by Gasteiger charge is 2.05. The second-order valence-corrected chi connectivity index (χ2v) is 6.21. The molecule has 0 fully saturated rings. The van der Waals surface area contributed by atoms with Crippen molar-refractivity contribution in [1.82, 2.24) is 16.0 Å². The lowest BCUT2D eigenvalue weighted by Crippen LogP contribution is -2.38. The van der Waals surface area contributed by atoms with Gasteiger partial charge in [0.1, 0.15) is 5.75 Å². The first-order valence-corrected chi connectivity index (χ1v) is 9.24. The molecule has 0 aliphatic rings. The van der Waals surface area contributed by atoms with Crippen LogP contribution in [-0.4, -0.2) is 36.6 Å². The van der Waals surface area contributed by atoms with E-state index in [1.165, 1.54) is 17.2 Å². The number of carbonyl (C=O) groups excluding carboxylic acids is 1. The summed E-state index contributed by atoms with van der Waals surface area (Å²) in [5.74, 6) is 0.663. The minimum absolute atomic E-state index is 0. The molecule has 2 rings (SSSR count). The van der Waals surface area contributed by atoms with Gasteiger partial charge >= 0.3 is 0 Å². The molecule has 0 unspecified atom stereocenters. The predicted octanol–water partition coefficient (Wildman–Crippen LogP) is 3.19. The van der Waals surface area contributed by atoms with E-state index in [1.54, 1.807) is 18.2 Å². The van der Waals surface area contributed by atoms with Crippen molar-refractivity contribution < 1.29 is 9.90 Å². The van der Waals surface area contributed by atoms with Crippen LogP contribution in [0.5, 0.6) is 5.75 Å². The van der Waals surface area contributed by atoms with Crippen molar-refractivity contribution in [2.45, 2.75) is 26.8 Å². The second-order valence-electron chi connectivity index (χ2n) is 6.21. The van der Waals surface area contributed by atoms with Gasteiger partial charge in [-0.1, -0.05) is 30.3 Å². The number of nitrogens with one attached hydrogen (secondary N) is 3. The van der Waals surface area contributed by atoms with Gasteiger partial charge in [-0.3, -0.25) is 4.79 Å². The molecular formula is C21H29IN4O2. The van der Waals surface area contributed by atoms with E-state index in [0.29, 0.717) is 25.2 Å². The van der Waals surface area contributed by atoms with Crippen LogP contribution in [-0.2, 0) is 6.54 Å². The number of rotatable bonds is 8. The zero-order valence-electron chi connectivity index (χ0n) is 16.4. The maximum atomic E-state index is 12.0. The first-order chi connectivity index (χ1) is 13.1. The number of nitrogens with zero attached hydrogens (tertiary/aromatic N) is 1. The van der Waals surface area contributed by atoms with E-state index in [0.717, 1.165) is 18.9 Å². The molecule has 4 N–H and O–H groups in total. The summed E-state index contributed by atoms with van der Waals surface area (Å²) in [6.45, 7) is 6.75. The molecular weight excluding hydrogens is 467 g/mol. The second kappa shape index (κ2) is 13.0. The lowest BCUT2D eigenvalue weighted by molar-refractivity contribution is 0.0953. The van der Waals surface area contributed by atoms with Gasteiger partial charge in [-0.15, -0.1) is 24.0 Å². The highest BCUT2D eigenvalue weighted by Crippen LogP contribution is 2.10. The number of phenols is 1. The van der Waals surface area contributed by atoms with Crippen molar-refractivity contribution in [3.05, 3.63) is 65.2 Å². The number of amides is 1. The van der Waals surface area contributed by atoms with Crippen molar-refractivity contribution >= 4 is 35.8 Å². The molecule has 0 atom stereocenters. The van der Waals surface area contributed by atoms with E-state index >= 15 is 0 Å². The normalized spacial score (nSPS) is 10.7. The molecule has 152 valence electrons. The summed E-state index contributed by atoms with van der Waals surface area (Å²) in [6.07, 6.45) is 0.763. The summed E-state index contributed by atoms with van der Waals surface area (Å²) >= 11 is 0. The molecule has 0 radical (unpaired) electrons. The molecule has 0 aliphatic heterocycles. The van der Waals surface area contributed by atoms with Crippen LogP contribution in [0.3, 0.4) is 0 Å². The Morgan fingerprint density at radius 1 is 1.04 bits per heavy atom. The zero-order valence-corrected chi connectivity index (χ0v) is 18.7. The number of hydrogen-bond donors (Lipinski definition) is 4. The first-order valence-electron chi connectivity index (χ1n) is 9.24. The van der Waals surface area contributed by atoms with Gasteiger partial charge in [-0.25, -0.2) is 4.99 Å². The van der Waals surface area contributed by atoms with E-state index in [9.17, 15) is 9.90 Å².